The molecule has 2 unspecified atom stereocenters. The van der Waals surface area contributed by atoms with Gasteiger partial charge in [-0.2, -0.15) is 0 Å². The van der Waals surface area contributed by atoms with Crippen molar-refractivity contribution in [3.63, 3.8) is 0 Å². The normalized spacial score (nSPS) is 20.4. The van der Waals surface area contributed by atoms with E-state index in [1.54, 1.807) is 12.4 Å². The molecule has 1 aliphatic heterocycles. The standard InChI is InChI=1S/C18H20N4O2/c1-11-3-5-13(19-9-11)7-15-17(23)22-16(18(24)21-15)8-14-6-4-12(2)10-20-14/h3-6,9-10,15-16H,7-8H2,1-2H3,(H,21,24)(H,22,23). The number of pyridine rings is 2. The Kier molecular flexibility index (Phi) is 4.55. The molecule has 3 heterocycles. The predicted molar refractivity (Wildman–Crippen MR) is 89.2 cm³/mol. The zero-order valence-electron chi connectivity index (χ0n) is 13.7. The SMILES string of the molecule is Cc1ccc(CC2NC(=O)C(Cc3ccc(C)cn3)NC2=O)nc1. The largest absolute Gasteiger partial charge is 0.342 e. The number of hydrogen-bond donors (Lipinski definition) is 2. The summed E-state index contributed by atoms with van der Waals surface area (Å²) in [5, 5.41) is 5.58. The van der Waals surface area contributed by atoms with E-state index in [1.807, 2.05) is 38.1 Å². The third-order valence-corrected chi connectivity index (χ3v) is 4.04. The van der Waals surface area contributed by atoms with Crippen molar-refractivity contribution >= 4 is 11.8 Å². The van der Waals surface area contributed by atoms with Crippen LogP contribution in [-0.4, -0.2) is 33.9 Å². The van der Waals surface area contributed by atoms with Crippen LogP contribution in [-0.2, 0) is 22.4 Å². The summed E-state index contributed by atoms with van der Waals surface area (Å²) in [7, 11) is 0. The van der Waals surface area contributed by atoms with E-state index < -0.39 is 12.1 Å². The smallest absolute Gasteiger partial charge is 0.243 e. The molecule has 124 valence electrons. The monoisotopic (exact) mass is 324 g/mol. The molecule has 24 heavy (non-hydrogen) atoms. The highest BCUT2D eigenvalue weighted by Crippen LogP contribution is 2.09. The van der Waals surface area contributed by atoms with Crippen molar-refractivity contribution in [3.05, 3.63) is 59.2 Å². The number of amides is 2. The van der Waals surface area contributed by atoms with E-state index in [4.69, 9.17) is 0 Å². The lowest BCUT2D eigenvalue weighted by molar-refractivity contribution is -0.136. The maximum atomic E-state index is 12.3. The molecule has 2 aromatic heterocycles. The van der Waals surface area contributed by atoms with Gasteiger partial charge >= 0.3 is 0 Å². The summed E-state index contributed by atoms with van der Waals surface area (Å²) in [6.07, 6.45) is 4.27. The van der Waals surface area contributed by atoms with E-state index in [0.717, 1.165) is 22.5 Å². The molecule has 1 saturated heterocycles. The Balaban J connectivity index is 1.63. The van der Waals surface area contributed by atoms with E-state index in [0.29, 0.717) is 12.8 Å². The molecule has 2 amide bonds. The van der Waals surface area contributed by atoms with Crippen LogP contribution in [0.5, 0.6) is 0 Å². The molecular weight excluding hydrogens is 304 g/mol. The molecule has 1 aliphatic rings. The van der Waals surface area contributed by atoms with Gasteiger partial charge in [0.15, 0.2) is 0 Å². The topological polar surface area (TPSA) is 84.0 Å². The Hall–Kier alpha value is -2.76. The van der Waals surface area contributed by atoms with Crippen LogP contribution < -0.4 is 10.6 Å². The minimum absolute atomic E-state index is 0.186. The Morgan fingerprint density at radius 1 is 0.792 bits per heavy atom. The number of nitrogens with one attached hydrogen (secondary N) is 2. The number of rotatable bonds is 4. The lowest BCUT2D eigenvalue weighted by atomic mass is 10.0. The van der Waals surface area contributed by atoms with Crippen molar-refractivity contribution in [1.82, 2.24) is 20.6 Å². The van der Waals surface area contributed by atoms with Crippen LogP contribution in [0, 0.1) is 13.8 Å². The van der Waals surface area contributed by atoms with Gasteiger partial charge in [0, 0.05) is 36.6 Å². The number of carbonyl (C=O) groups excluding carboxylic acids is 2. The number of hydrogen-bond acceptors (Lipinski definition) is 4. The average Bonchev–Trinajstić information content (AvgIpc) is 2.56. The highest BCUT2D eigenvalue weighted by Gasteiger charge is 2.34. The van der Waals surface area contributed by atoms with Gasteiger partial charge < -0.3 is 10.6 Å². The van der Waals surface area contributed by atoms with Crippen LogP contribution in [0.4, 0.5) is 0 Å². The van der Waals surface area contributed by atoms with Gasteiger partial charge in [-0.3, -0.25) is 19.6 Å². The second-order valence-corrected chi connectivity index (χ2v) is 6.18. The minimum atomic E-state index is -0.588. The summed E-state index contributed by atoms with van der Waals surface area (Å²) in [5.74, 6) is -0.372. The fourth-order valence-corrected chi connectivity index (χ4v) is 2.62. The third-order valence-electron chi connectivity index (χ3n) is 4.04. The highest BCUT2D eigenvalue weighted by atomic mass is 16.2. The maximum Gasteiger partial charge on any atom is 0.243 e. The predicted octanol–water partition coefficient (Wildman–Crippen LogP) is 0.862. The van der Waals surface area contributed by atoms with Gasteiger partial charge in [-0.05, 0) is 37.1 Å². The molecule has 3 rings (SSSR count). The number of aryl methyl sites for hydroxylation is 2. The molecule has 0 spiro atoms. The van der Waals surface area contributed by atoms with Crippen LogP contribution in [0.3, 0.4) is 0 Å². The molecule has 0 bridgehead atoms. The average molecular weight is 324 g/mol. The van der Waals surface area contributed by atoms with Crippen LogP contribution in [0.15, 0.2) is 36.7 Å². The first kappa shape index (κ1) is 16.1. The molecular formula is C18H20N4O2. The summed E-state index contributed by atoms with van der Waals surface area (Å²) in [4.78, 5) is 33.2. The summed E-state index contributed by atoms with van der Waals surface area (Å²) >= 11 is 0. The minimum Gasteiger partial charge on any atom is -0.342 e. The molecule has 2 aromatic rings. The molecule has 0 saturated carbocycles. The molecule has 6 heteroatoms. The van der Waals surface area contributed by atoms with Crippen LogP contribution >= 0.6 is 0 Å². The summed E-state index contributed by atoms with van der Waals surface area (Å²) in [5.41, 5.74) is 3.67. The first-order valence-corrected chi connectivity index (χ1v) is 7.95. The van der Waals surface area contributed by atoms with Crippen LogP contribution in [0.1, 0.15) is 22.5 Å². The van der Waals surface area contributed by atoms with Gasteiger partial charge in [0.25, 0.3) is 0 Å². The Bertz CT molecular complexity index is 675. The van der Waals surface area contributed by atoms with Crippen molar-refractivity contribution in [2.75, 3.05) is 0 Å². The summed E-state index contributed by atoms with van der Waals surface area (Å²) < 4.78 is 0. The molecule has 0 aromatic carbocycles. The van der Waals surface area contributed by atoms with E-state index in [9.17, 15) is 9.59 Å². The zero-order valence-corrected chi connectivity index (χ0v) is 13.7. The van der Waals surface area contributed by atoms with Gasteiger partial charge in [-0.15, -0.1) is 0 Å². The van der Waals surface area contributed by atoms with Crippen molar-refractivity contribution in [2.24, 2.45) is 0 Å². The summed E-state index contributed by atoms with van der Waals surface area (Å²) in [6.45, 7) is 3.91. The first-order chi connectivity index (χ1) is 11.5. The number of aromatic nitrogens is 2. The first-order valence-electron chi connectivity index (χ1n) is 7.95. The number of piperazine rings is 1. The van der Waals surface area contributed by atoms with E-state index in [2.05, 4.69) is 20.6 Å². The lowest BCUT2D eigenvalue weighted by Gasteiger charge is -2.29. The van der Waals surface area contributed by atoms with Gasteiger partial charge in [-0.25, -0.2) is 0 Å². The number of nitrogens with zero attached hydrogens (tertiary/aromatic N) is 2. The maximum absolute atomic E-state index is 12.3. The highest BCUT2D eigenvalue weighted by molar-refractivity contribution is 5.97. The summed E-state index contributed by atoms with van der Waals surface area (Å²) in [6, 6.07) is 6.45. The van der Waals surface area contributed by atoms with Crippen LogP contribution in [0.25, 0.3) is 0 Å². The van der Waals surface area contributed by atoms with Gasteiger partial charge in [0.2, 0.25) is 11.8 Å². The number of carbonyl (C=O) groups is 2. The van der Waals surface area contributed by atoms with Crippen molar-refractivity contribution < 1.29 is 9.59 Å². The zero-order chi connectivity index (χ0) is 17.1. The second kappa shape index (κ2) is 6.78. The van der Waals surface area contributed by atoms with E-state index >= 15 is 0 Å². The molecule has 0 aliphatic carbocycles. The Morgan fingerprint density at radius 3 is 1.54 bits per heavy atom. The van der Waals surface area contributed by atoms with Crippen molar-refractivity contribution in [1.29, 1.82) is 0 Å². The molecule has 1 fully saturated rings. The van der Waals surface area contributed by atoms with Crippen LogP contribution in [0.2, 0.25) is 0 Å². The quantitative estimate of drug-likeness (QED) is 0.874. The fourth-order valence-electron chi connectivity index (χ4n) is 2.62. The van der Waals surface area contributed by atoms with Crippen molar-refractivity contribution in [2.45, 2.75) is 38.8 Å². The fraction of sp³-hybridized carbons (Fsp3) is 0.333. The second-order valence-electron chi connectivity index (χ2n) is 6.18. The molecule has 6 nitrogen and oxygen atoms in total. The molecule has 0 radical (unpaired) electrons. The van der Waals surface area contributed by atoms with Gasteiger partial charge in [0.05, 0.1) is 0 Å². The Labute approximate surface area is 140 Å². The van der Waals surface area contributed by atoms with E-state index in [1.165, 1.54) is 0 Å². The van der Waals surface area contributed by atoms with E-state index in [-0.39, 0.29) is 11.8 Å². The molecule has 2 atom stereocenters. The molecule has 2 N–H and O–H groups in total. The van der Waals surface area contributed by atoms with Crippen molar-refractivity contribution in [3.8, 4) is 0 Å². The Morgan fingerprint density at radius 2 is 1.21 bits per heavy atom. The third kappa shape index (κ3) is 3.76. The van der Waals surface area contributed by atoms with Gasteiger partial charge in [0.1, 0.15) is 12.1 Å². The van der Waals surface area contributed by atoms with Gasteiger partial charge in [-0.1, -0.05) is 12.1 Å². The lowest BCUT2D eigenvalue weighted by Crippen LogP contribution is -2.62.